The molecule has 2 amide bonds. The smallest absolute Gasteiger partial charge is 0.410 e. The fourth-order valence-corrected chi connectivity index (χ4v) is 7.65. The third-order valence-corrected chi connectivity index (χ3v) is 9.66. The van der Waals surface area contributed by atoms with E-state index in [0.29, 0.717) is 29.5 Å². The van der Waals surface area contributed by atoms with Crippen LogP contribution in [-0.2, 0) is 32.3 Å². The summed E-state index contributed by atoms with van der Waals surface area (Å²) in [5, 5.41) is 3.96. The van der Waals surface area contributed by atoms with E-state index in [-0.39, 0.29) is 11.5 Å². The van der Waals surface area contributed by atoms with Gasteiger partial charge in [0.25, 0.3) is 0 Å². The molecule has 1 aliphatic rings. The average Bonchev–Trinajstić information content (AvgIpc) is 3.44. The first-order valence-electron chi connectivity index (χ1n) is 11.5. The van der Waals surface area contributed by atoms with Gasteiger partial charge in [-0.1, -0.05) is 12.1 Å². The fraction of sp³-hybridized carbons (Fsp3) is 0.240. The number of carbonyl (C=O) groups is 2. The molecule has 2 aromatic carbocycles. The van der Waals surface area contributed by atoms with Gasteiger partial charge in [-0.3, -0.25) is 4.79 Å². The van der Waals surface area contributed by atoms with Crippen LogP contribution in [0.3, 0.4) is 0 Å². The summed E-state index contributed by atoms with van der Waals surface area (Å²) < 4.78 is 44.8. The Morgan fingerprint density at radius 1 is 1.14 bits per heavy atom. The first-order valence-corrected chi connectivity index (χ1v) is 14.7. The van der Waals surface area contributed by atoms with Crippen molar-refractivity contribution < 1.29 is 27.1 Å². The lowest BCUT2D eigenvalue weighted by molar-refractivity contribution is -0.113. The zero-order valence-electron chi connectivity index (χ0n) is 19.7. The maximum absolute atomic E-state index is 13.2. The highest BCUT2D eigenvalue weighted by Crippen LogP contribution is 2.45. The number of aromatic nitrogens is 1. The Bertz CT molecular complexity index is 1560. The molecule has 0 saturated carbocycles. The Kier molecular flexibility index (Phi) is 6.97. The lowest BCUT2D eigenvalue weighted by atomic mass is 10.0. The molecule has 0 saturated heterocycles. The minimum absolute atomic E-state index is 0.133. The number of para-hydroxylation sites is 1. The minimum Gasteiger partial charge on any atom is -0.450 e. The highest BCUT2D eigenvalue weighted by atomic mass is 32.2. The molecule has 192 valence electrons. The summed E-state index contributed by atoms with van der Waals surface area (Å²) in [4.78, 5) is 32.4. The van der Waals surface area contributed by atoms with E-state index < -0.39 is 33.4 Å². The predicted molar refractivity (Wildman–Crippen MR) is 141 cm³/mol. The number of amides is 2. The van der Waals surface area contributed by atoms with Gasteiger partial charge in [0.2, 0.25) is 5.91 Å². The van der Waals surface area contributed by atoms with Gasteiger partial charge in [0.05, 0.1) is 28.3 Å². The van der Waals surface area contributed by atoms with Gasteiger partial charge in [-0.2, -0.15) is 0 Å². The van der Waals surface area contributed by atoms with Crippen LogP contribution in [0.4, 0.5) is 14.2 Å². The molecule has 5 rings (SSSR count). The number of hydrogen-bond donors (Lipinski definition) is 1. The maximum atomic E-state index is 13.2. The third kappa shape index (κ3) is 5.22. The van der Waals surface area contributed by atoms with Crippen LogP contribution in [-0.4, -0.2) is 49.2 Å². The number of rotatable bonds is 6. The Balaban J connectivity index is 1.48. The zero-order chi connectivity index (χ0) is 26.2. The summed E-state index contributed by atoms with van der Waals surface area (Å²) in [5.41, 5.74) is 2.54. The van der Waals surface area contributed by atoms with Crippen molar-refractivity contribution in [1.29, 1.82) is 0 Å². The number of sulfone groups is 1. The molecule has 1 N–H and O–H groups in total. The van der Waals surface area contributed by atoms with Crippen LogP contribution in [0.15, 0.2) is 53.4 Å². The average molecular weight is 560 g/mol. The number of nitrogens with zero attached hydrogens (tertiary/aromatic N) is 2. The second kappa shape index (κ2) is 10.2. The molecule has 1 aliphatic heterocycles. The van der Waals surface area contributed by atoms with Crippen molar-refractivity contribution in [3.63, 3.8) is 0 Å². The van der Waals surface area contributed by atoms with E-state index in [4.69, 9.17) is 9.72 Å². The quantitative estimate of drug-likeness (QED) is 0.330. The highest BCUT2D eigenvalue weighted by molar-refractivity contribution is 7.92. The molecule has 37 heavy (non-hydrogen) atoms. The van der Waals surface area contributed by atoms with Crippen LogP contribution in [0.25, 0.3) is 20.8 Å². The number of thiophene rings is 1. The number of hydrogen-bond acceptors (Lipinski definition) is 8. The molecular formula is C25H22FN3O5S3. The van der Waals surface area contributed by atoms with Gasteiger partial charge in [0.15, 0.2) is 9.84 Å². The topological polar surface area (TPSA) is 106 Å². The SMILES string of the molecule is CCOC(=O)N1CCc2c(sc(NC(=O)CS(=O)(=O)c3ccc(F)cc3)c2-c2nc3ccccc3s2)C1. The van der Waals surface area contributed by atoms with Crippen molar-refractivity contribution in [1.82, 2.24) is 9.88 Å². The molecule has 0 fully saturated rings. The fourth-order valence-electron chi connectivity index (χ4n) is 4.13. The van der Waals surface area contributed by atoms with E-state index in [1.165, 1.54) is 22.7 Å². The third-order valence-electron chi connectivity index (χ3n) is 5.84. The van der Waals surface area contributed by atoms with Crippen LogP contribution in [0.5, 0.6) is 0 Å². The van der Waals surface area contributed by atoms with Crippen LogP contribution >= 0.6 is 22.7 Å². The number of fused-ring (bicyclic) bond motifs is 2. The van der Waals surface area contributed by atoms with Crippen LogP contribution < -0.4 is 5.32 Å². The highest BCUT2D eigenvalue weighted by Gasteiger charge is 2.30. The molecule has 3 heterocycles. The van der Waals surface area contributed by atoms with Crippen molar-refractivity contribution in [2.24, 2.45) is 0 Å². The Hall–Kier alpha value is -3.35. The summed E-state index contributed by atoms with van der Waals surface area (Å²) in [7, 11) is -3.98. The lowest BCUT2D eigenvalue weighted by Crippen LogP contribution is -2.35. The van der Waals surface area contributed by atoms with E-state index in [0.717, 1.165) is 50.5 Å². The van der Waals surface area contributed by atoms with Crippen molar-refractivity contribution in [2.45, 2.75) is 24.8 Å². The van der Waals surface area contributed by atoms with E-state index in [9.17, 15) is 22.4 Å². The van der Waals surface area contributed by atoms with Gasteiger partial charge in [-0.15, -0.1) is 22.7 Å². The minimum atomic E-state index is -3.98. The number of thiazole rings is 1. The molecule has 0 bridgehead atoms. The normalized spacial score (nSPS) is 13.4. The molecular weight excluding hydrogens is 537 g/mol. The number of carbonyl (C=O) groups excluding carboxylic acids is 2. The first kappa shape index (κ1) is 25.3. The van der Waals surface area contributed by atoms with Gasteiger partial charge in [0.1, 0.15) is 21.6 Å². The van der Waals surface area contributed by atoms with Crippen LogP contribution in [0.1, 0.15) is 17.4 Å². The van der Waals surface area contributed by atoms with Gasteiger partial charge in [0, 0.05) is 17.0 Å². The van der Waals surface area contributed by atoms with E-state index in [2.05, 4.69) is 5.32 Å². The van der Waals surface area contributed by atoms with Crippen molar-refractivity contribution in [3.8, 4) is 10.6 Å². The molecule has 8 nitrogen and oxygen atoms in total. The number of ether oxygens (including phenoxy) is 1. The molecule has 0 radical (unpaired) electrons. The number of nitrogens with one attached hydrogen (secondary N) is 1. The molecule has 0 atom stereocenters. The van der Waals surface area contributed by atoms with E-state index in [1.807, 2.05) is 24.3 Å². The summed E-state index contributed by atoms with van der Waals surface area (Å²) in [6.45, 7) is 2.79. The van der Waals surface area contributed by atoms with Gasteiger partial charge in [-0.25, -0.2) is 22.6 Å². The van der Waals surface area contributed by atoms with Crippen molar-refractivity contribution in [2.75, 3.05) is 24.2 Å². The molecule has 4 aromatic rings. The standard InChI is InChI=1S/C25H22FN3O5S3/c1-2-34-25(31)29-12-11-17-20(13-29)36-24(22(17)23-27-18-5-3-4-6-19(18)35-23)28-21(30)14-37(32,33)16-9-7-15(26)8-10-16/h3-10H,2,11-14H2,1H3,(H,28,30). The summed E-state index contributed by atoms with van der Waals surface area (Å²) in [6, 6.07) is 12.0. The van der Waals surface area contributed by atoms with Crippen molar-refractivity contribution >= 4 is 59.7 Å². The summed E-state index contributed by atoms with van der Waals surface area (Å²) >= 11 is 2.78. The largest absolute Gasteiger partial charge is 0.450 e. The molecule has 12 heteroatoms. The Morgan fingerprint density at radius 2 is 1.89 bits per heavy atom. The Labute approximate surface area is 220 Å². The second-order valence-electron chi connectivity index (χ2n) is 8.33. The summed E-state index contributed by atoms with van der Waals surface area (Å²) in [6.07, 6.45) is 0.138. The molecule has 0 spiro atoms. The van der Waals surface area contributed by atoms with Gasteiger partial charge >= 0.3 is 6.09 Å². The Morgan fingerprint density at radius 3 is 2.62 bits per heavy atom. The number of halogens is 1. The summed E-state index contributed by atoms with van der Waals surface area (Å²) in [5.74, 6) is -2.08. The van der Waals surface area contributed by atoms with Gasteiger partial charge < -0.3 is 15.0 Å². The monoisotopic (exact) mass is 559 g/mol. The lowest BCUT2D eigenvalue weighted by Gasteiger charge is -2.26. The predicted octanol–water partition coefficient (Wildman–Crippen LogP) is 5.09. The van der Waals surface area contributed by atoms with E-state index >= 15 is 0 Å². The zero-order valence-corrected chi connectivity index (χ0v) is 22.1. The molecule has 0 aliphatic carbocycles. The van der Waals surface area contributed by atoms with Crippen LogP contribution in [0.2, 0.25) is 0 Å². The molecule has 2 aromatic heterocycles. The first-order chi connectivity index (χ1) is 17.7. The second-order valence-corrected chi connectivity index (χ2v) is 12.5. The maximum Gasteiger partial charge on any atom is 0.410 e. The van der Waals surface area contributed by atoms with E-state index in [1.54, 1.807) is 11.8 Å². The number of benzene rings is 2. The number of anilines is 1. The van der Waals surface area contributed by atoms with Gasteiger partial charge in [-0.05, 0) is 55.3 Å². The van der Waals surface area contributed by atoms with Crippen molar-refractivity contribution in [3.05, 3.63) is 64.8 Å². The van der Waals surface area contributed by atoms with Crippen LogP contribution in [0, 0.1) is 5.82 Å². The molecule has 0 unspecified atom stereocenters.